The van der Waals surface area contributed by atoms with E-state index in [1.54, 1.807) is 18.8 Å². The molecule has 0 aliphatic rings. The third kappa shape index (κ3) is 7.38. The molecular weight excluding hydrogens is 273 g/mol. The maximum atomic E-state index is 11.1. The van der Waals surface area contributed by atoms with Crippen molar-refractivity contribution >= 4 is 23.6 Å². The number of nitrogens with two attached hydrogens (primary N) is 1. The van der Waals surface area contributed by atoms with Gasteiger partial charge in [-0.2, -0.15) is 24.9 Å². The molecule has 0 spiro atoms. The SMILES string of the molecule is CNC(=O)[C@@H](N)C(C)(C)SC.O=C(O)C(F)(F)F. The minimum Gasteiger partial charge on any atom is -0.475 e. The van der Waals surface area contributed by atoms with Gasteiger partial charge in [-0.25, -0.2) is 4.79 Å². The Morgan fingerprint density at radius 3 is 1.83 bits per heavy atom. The van der Waals surface area contributed by atoms with Gasteiger partial charge in [-0.1, -0.05) is 0 Å². The van der Waals surface area contributed by atoms with Gasteiger partial charge in [0.2, 0.25) is 5.91 Å². The highest BCUT2D eigenvalue weighted by Gasteiger charge is 2.38. The molecule has 1 amide bonds. The van der Waals surface area contributed by atoms with Crippen LogP contribution >= 0.6 is 11.8 Å². The van der Waals surface area contributed by atoms with Gasteiger partial charge in [-0.15, -0.1) is 0 Å². The van der Waals surface area contributed by atoms with E-state index in [0.29, 0.717) is 0 Å². The van der Waals surface area contributed by atoms with Gasteiger partial charge < -0.3 is 16.2 Å². The van der Waals surface area contributed by atoms with Gasteiger partial charge >= 0.3 is 12.1 Å². The lowest BCUT2D eigenvalue weighted by Gasteiger charge is -2.27. The third-order valence-corrected chi connectivity index (χ3v) is 3.35. The summed E-state index contributed by atoms with van der Waals surface area (Å²) in [7, 11) is 1.60. The van der Waals surface area contributed by atoms with Crippen LogP contribution in [0.1, 0.15) is 13.8 Å². The van der Waals surface area contributed by atoms with Crippen molar-refractivity contribution in [1.29, 1.82) is 0 Å². The first-order valence-corrected chi connectivity index (χ1v) is 5.95. The number of carbonyl (C=O) groups is 2. The highest BCUT2D eigenvalue weighted by atomic mass is 32.2. The zero-order chi connectivity index (χ0) is 15.1. The number of carbonyl (C=O) groups excluding carboxylic acids is 1. The Balaban J connectivity index is 0. The highest BCUT2D eigenvalue weighted by Crippen LogP contribution is 2.24. The topological polar surface area (TPSA) is 92.4 Å². The van der Waals surface area contributed by atoms with Crippen LogP contribution in [0.4, 0.5) is 13.2 Å². The second-order valence-electron chi connectivity index (χ2n) is 3.70. The first-order valence-electron chi connectivity index (χ1n) is 4.72. The van der Waals surface area contributed by atoms with Crippen LogP contribution in [0.5, 0.6) is 0 Å². The zero-order valence-corrected chi connectivity index (χ0v) is 11.3. The average molecular weight is 290 g/mol. The van der Waals surface area contributed by atoms with Gasteiger partial charge in [0.1, 0.15) is 0 Å². The molecule has 0 radical (unpaired) electrons. The molecule has 0 rings (SSSR count). The van der Waals surface area contributed by atoms with E-state index in [0.717, 1.165) is 0 Å². The van der Waals surface area contributed by atoms with Crippen LogP contribution in [0, 0.1) is 0 Å². The fourth-order valence-corrected chi connectivity index (χ4v) is 0.959. The molecule has 1 atom stereocenters. The van der Waals surface area contributed by atoms with Gasteiger partial charge in [0.25, 0.3) is 0 Å². The molecule has 4 N–H and O–H groups in total. The standard InChI is InChI=1S/C7H16N2OS.C2HF3O2/c1-7(2,11-4)5(8)6(10)9-3;3-2(4,5)1(6)7/h5H,8H2,1-4H3,(H,9,10);(H,6,7)/t5-;/m1./s1. The Labute approximate surface area is 107 Å². The average Bonchev–Trinajstić information content (AvgIpc) is 2.26. The fraction of sp³-hybridized carbons (Fsp3) is 0.778. The van der Waals surface area contributed by atoms with Crippen molar-refractivity contribution in [3.05, 3.63) is 0 Å². The smallest absolute Gasteiger partial charge is 0.475 e. The normalized spacial score (nSPS) is 13.1. The van der Waals surface area contributed by atoms with Crippen molar-refractivity contribution in [2.75, 3.05) is 13.3 Å². The van der Waals surface area contributed by atoms with Crippen molar-refractivity contribution in [2.45, 2.75) is 30.8 Å². The number of likely N-dealkylation sites (N-methyl/N-ethyl adjacent to an activating group) is 1. The predicted octanol–water partition coefficient (Wildman–Crippen LogP) is 0.835. The number of carboxylic acid groups (broad SMARTS) is 1. The largest absolute Gasteiger partial charge is 0.490 e. The first kappa shape index (κ1) is 19.4. The van der Waals surface area contributed by atoms with Gasteiger partial charge in [0.15, 0.2) is 0 Å². The zero-order valence-electron chi connectivity index (χ0n) is 10.5. The second kappa shape index (κ2) is 7.47. The number of amides is 1. The summed E-state index contributed by atoms with van der Waals surface area (Å²) in [5.41, 5.74) is 5.68. The molecule has 0 aromatic carbocycles. The molecular formula is C9H17F3N2O3S. The van der Waals surface area contributed by atoms with E-state index in [1.165, 1.54) is 0 Å². The number of rotatable bonds is 3. The van der Waals surface area contributed by atoms with Crippen molar-refractivity contribution < 1.29 is 27.9 Å². The second-order valence-corrected chi connectivity index (χ2v) is 5.16. The van der Waals surface area contributed by atoms with Crippen molar-refractivity contribution in [3.63, 3.8) is 0 Å². The monoisotopic (exact) mass is 290 g/mol. The fourth-order valence-electron chi connectivity index (χ4n) is 0.598. The van der Waals surface area contributed by atoms with Crippen LogP contribution in [0.3, 0.4) is 0 Å². The number of alkyl halides is 3. The minimum absolute atomic E-state index is 0.107. The quantitative estimate of drug-likeness (QED) is 0.716. The molecule has 5 nitrogen and oxygen atoms in total. The van der Waals surface area contributed by atoms with Crippen LogP contribution in [-0.4, -0.2) is 47.3 Å². The lowest BCUT2D eigenvalue weighted by atomic mass is 10.0. The molecule has 0 aromatic heterocycles. The Bertz CT molecular complexity index is 295. The van der Waals surface area contributed by atoms with Crippen LogP contribution < -0.4 is 11.1 Å². The first-order chi connectivity index (χ1) is 7.90. The Kier molecular flexibility index (Phi) is 8.04. The molecule has 0 heterocycles. The number of hydrogen-bond acceptors (Lipinski definition) is 4. The van der Waals surface area contributed by atoms with Gasteiger partial charge in [-0.05, 0) is 20.1 Å². The number of thioether (sulfide) groups is 1. The van der Waals surface area contributed by atoms with E-state index in [1.807, 2.05) is 20.1 Å². The number of hydrogen-bond donors (Lipinski definition) is 3. The Hall–Kier alpha value is -0.960. The molecule has 18 heavy (non-hydrogen) atoms. The Morgan fingerprint density at radius 2 is 1.67 bits per heavy atom. The molecule has 0 bridgehead atoms. The molecule has 9 heteroatoms. The molecule has 0 saturated carbocycles. The van der Waals surface area contributed by atoms with E-state index in [2.05, 4.69) is 5.32 Å². The van der Waals surface area contributed by atoms with E-state index in [4.69, 9.17) is 15.6 Å². The van der Waals surface area contributed by atoms with Crippen molar-refractivity contribution in [3.8, 4) is 0 Å². The van der Waals surface area contributed by atoms with Crippen LogP contribution in [0.25, 0.3) is 0 Å². The number of halogens is 3. The van der Waals surface area contributed by atoms with Gasteiger partial charge in [0, 0.05) is 11.8 Å². The van der Waals surface area contributed by atoms with Crippen LogP contribution in [-0.2, 0) is 9.59 Å². The predicted molar refractivity (Wildman–Crippen MR) is 63.3 cm³/mol. The molecule has 0 fully saturated rings. The molecule has 0 aliphatic carbocycles. The summed E-state index contributed by atoms with van der Waals surface area (Å²) in [5, 5.41) is 9.65. The molecule has 0 aromatic rings. The number of nitrogens with one attached hydrogen (secondary N) is 1. The van der Waals surface area contributed by atoms with Crippen molar-refractivity contribution in [1.82, 2.24) is 5.32 Å². The molecule has 0 unspecified atom stereocenters. The lowest BCUT2D eigenvalue weighted by molar-refractivity contribution is -0.192. The summed E-state index contributed by atoms with van der Waals surface area (Å²) in [6.45, 7) is 3.91. The van der Waals surface area contributed by atoms with Crippen LogP contribution in [0.15, 0.2) is 0 Å². The summed E-state index contributed by atoms with van der Waals surface area (Å²) in [6, 6.07) is -0.442. The molecule has 108 valence electrons. The van der Waals surface area contributed by atoms with Gasteiger partial charge in [0.05, 0.1) is 6.04 Å². The highest BCUT2D eigenvalue weighted by molar-refractivity contribution is 8.00. The summed E-state index contributed by atoms with van der Waals surface area (Å²) in [4.78, 5) is 20.0. The Morgan fingerprint density at radius 1 is 1.33 bits per heavy atom. The van der Waals surface area contributed by atoms with Crippen molar-refractivity contribution in [2.24, 2.45) is 5.73 Å². The summed E-state index contributed by atoms with van der Waals surface area (Å²) in [5.74, 6) is -2.86. The summed E-state index contributed by atoms with van der Waals surface area (Å²) >= 11 is 1.59. The molecule has 0 saturated heterocycles. The maximum Gasteiger partial charge on any atom is 0.490 e. The molecule has 0 aliphatic heterocycles. The van der Waals surface area contributed by atoms with E-state index in [9.17, 15) is 18.0 Å². The number of carboxylic acids is 1. The van der Waals surface area contributed by atoms with Crippen LogP contribution in [0.2, 0.25) is 0 Å². The third-order valence-electron chi connectivity index (χ3n) is 2.05. The summed E-state index contributed by atoms with van der Waals surface area (Å²) < 4.78 is 31.5. The van der Waals surface area contributed by atoms with E-state index < -0.39 is 18.2 Å². The maximum absolute atomic E-state index is 11.1. The van der Waals surface area contributed by atoms with Gasteiger partial charge in [-0.3, -0.25) is 4.79 Å². The van der Waals surface area contributed by atoms with E-state index >= 15 is 0 Å². The lowest BCUT2D eigenvalue weighted by Crippen LogP contribution is -2.50. The van der Waals surface area contributed by atoms with E-state index in [-0.39, 0.29) is 10.7 Å². The minimum atomic E-state index is -5.08. The summed E-state index contributed by atoms with van der Waals surface area (Å²) in [6.07, 6.45) is -3.14. The number of aliphatic carboxylic acids is 1.